The Hall–Kier alpha value is -2.66. The summed E-state index contributed by atoms with van der Waals surface area (Å²) in [7, 11) is 0. The van der Waals surface area contributed by atoms with Gasteiger partial charge in [-0.15, -0.1) is 0 Å². The lowest BCUT2D eigenvalue weighted by atomic mass is 10.1. The maximum atomic E-state index is 13.0. The summed E-state index contributed by atoms with van der Waals surface area (Å²) in [5.74, 6) is -1.41. The van der Waals surface area contributed by atoms with E-state index in [1.807, 2.05) is 0 Å². The van der Waals surface area contributed by atoms with Crippen LogP contribution in [0.15, 0.2) is 54.6 Å². The molecule has 0 aliphatic rings. The molecule has 6 heteroatoms. The van der Waals surface area contributed by atoms with Gasteiger partial charge in [0.05, 0.1) is 12.2 Å². The Morgan fingerprint density at radius 2 is 1.78 bits per heavy atom. The van der Waals surface area contributed by atoms with E-state index in [-0.39, 0.29) is 18.1 Å². The molecule has 1 aromatic heterocycles. The minimum atomic E-state index is -1.07. The predicted molar refractivity (Wildman–Crippen MR) is 85.1 cm³/mol. The number of hydrogen-bond acceptors (Lipinski definition) is 2. The molecule has 0 radical (unpaired) electrons. The average Bonchev–Trinajstić information content (AvgIpc) is 2.94. The van der Waals surface area contributed by atoms with E-state index < -0.39 is 5.97 Å². The average molecular weight is 331 g/mol. The van der Waals surface area contributed by atoms with E-state index in [0.29, 0.717) is 10.7 Å². The number of halogens is 2. The monoisotopic (exact) mass is 330 g/mol. The fourth-order valence-electron chi connectivity index (χ4n) is 2.23. The lowest BCUT2D eigenvalue weighted by Gasteiger charge is -2.04. The minimum Gasteiger partial charge on any atom is -0.477 e. The first-order chi connectivity index (χ1) is 11.0. The lowest BCUT2D eigenvalue weighted by molar-refractivity contribution is 0.0684. The summed E-state index contributed by atoms with van der Waals surface area (Å²) in [6.45, 7) is 0.246. The zero-order chi connectivity index (χ0) is 16.4. The highest BCUT2D eigenvalue weighted by atomic mass is 35.5. The molecular formula is C17H12ClFN2O2. The van der Waals surface area contributed by atoms with Gasteiger partial charge < -0.3 is 5.11 Å². The lowest BCUT2D eigenvalue weighted by Crippen LogP contribution is -2.10. The number of nitrogens with zero attached hydrogens (tertiary/aromatic N) is 2. The fraction of sp³-hybridized carbons (Fsp3) is 0.0588. The maximum Gasteiger partial charge on any atom is 0.354 e. The van der Waals surface area contributed by atoms with Crippen LogP contribution in [-0.4, -0.2) is 20.9 Å². The molecule has 1 N–H and O–H groups in total. The van der Waals surface area contributed by atoms with Crippen LogP contribution in [-0.2, 0) is 6.54 Å². The number of carbonyl (C=O) groups is 1. The Labute approximate surface area is 136 Å². The van der Waals surface area contributed by atoms with Crippen molar-refractivity contribution in [2.45, 2.75) is 6.54 Å². The topological polar surface area (TPSA) is 55.1 Å². The van der Waals surface area contributed by atoms with Crippen molar-refractivity contribution in [2.75, 3.05) is 0 Å². The van der Waals surface area contributed by atoms with E-state index in [4.69, 9.17) is 11.6 Å². The molecule has 0 unspecified atom stereocenters. The Balaban J connectivity index is 1.97. The summed E-state index contributed by atoms with van der Waals surface area (Å²) >= 11 is 5.86. The van der Waals surface area contributed by atoms with E-state index in [0.717, 1.165) is 11.1 Å². The molecule has 0 saturated carbocycles. The molecule has 0 atom stereocenters. The van der Waals surface area contributed by atoms with Crippen LogP contribution in [0.2, 0.25) is 5.02 Å². The molecule has 23 heavy (non-hydrogen) atoms. The summed E-state index contributed by atoms with van der Waals surface area (Å²) in [6.07, 6.45) is 0. The number of rotatable bonds is 4. The smallest absolute Gasteiger partial charge is 0.354 e. The van der Waals surface area contributed by atoms with E-state index in [9.17, 15) is 14.3 Å². The van der Waals surface area contributed by atoms with E-state index >= 15 is 0 Å². The third-order valence-corrected chi connectivity index (χ3v) is 3.64. The van der Waals surface area contributed by atoms with Crippen molar-refractivity contribution in [3.63, 3.8) is 0 Å². The maximum absolute atomic E-state index is 13.0. The largest absolute Gasteiger partial charge is 0.477 e. The number of benzene rings is 2. The van der Waals surface area contributed by atoms with Crippen LogP contribution in [0.25, 0.3) is 11.3 Å². The van der Waals surface area contributed by atoms with Crippen LogP contribution in [0.5, 0.6) is 0 Å². The van der Waals surface area contributed by atoms with Gasteiger partial charge in [-0.05, 0) is 35.9 Å². The van der Waals surface area contributed by atoms with Gasteiger partial charge in [0, 0.05) is 10.6 Å². The minimum absolute atomic E-state index is 0.0688. The van der Waals surface area contributed by atoms with E-state index in [1.54, 1.807) is 36.4 Å². The molecule has 0 fully saturated rings. The number of hydrogen-bond donors (Lipinski definition) is 1. The molecule has 116 valence electrons. The summed E-state index contributed by atoms with van der Waals surface area (Å²) < 4.78 is 14.4. The third-order valence-electron chi connectivity index (χ3n) is 3.38. The van der Waals surface area contributed by atoms with Crippen molar-refractivity contribution in [3.05, 3.63) is 76.7 Å². The SMILES string of the molecule is O=C(O)c1cc(-c2ccc(Cl)cc2)nn1Cc1ccc(F)cc1. The fourth-order valence-corrected chi connectivity index (χ4v) is 2.36. The van der Waals surface area contributed by atoms with Crippen molar-refractivity contribution < 1.29 is 14.3 Å². The van der Waals surface area contributed by atoms with Gasteiger partial charge in [0.15, 0.2) is 0 Å². The van der Waals surface area contributed by atoms with Crippen molar-refractivity contribution in [3.8, 4) is 11.3 Å². The molecular weight excluding hydrogens is 319 g/mol. The first-order valence-electron chi connectivity index (χ1n) is 6.84. The Bertz CT molecular complexity index is 842. The zero-order valence-electron chi connectivity index (χ0n) is 11.9. The Morgan fingerprint density at radius 1 is 1.13 bits per heavy atom. The van der Waals surface area contributed by atoms with Gasteiger partial charge in [-0.25, -0.2) is 9.18 Å². The first kappa shape index (κ1) is 15.2. The molecule has 0 spiro atoms. The van der Waals surface area contributed by atoms with Gasteiger partial charge >= 0.3 is 5.97 Å². The summed E-state index contributed by atoms with van der Waals surface area (Å²) in [5, 5.41) is 14.3. The van der Waals surface area contributed by atoms with Gasteiger partial charge in [0.2, 0.25) is 0 Å². The molecule has 3 aromatic rings. The highest BCUT2D eigenvalue weighted by molar-refractivity contribution is 6.30. The number of carboxylic acids is 1. The van der Waals surface area contributed by atoms with Gasteiger partial charge in [-0.3, -0.25) is 4.68 Å². The van der Waals surface area contributed by atoms with Gasteiger partial charge in [-0.1, -0.05) is 35.9 Å². The van der Waals surface area contributed by atoms with Crippen LogP contribution in [0.3, 0.4) is 0 Å². The molecule has 4 nitrogen and oxygen atoms in total. The Morgan fingerprint density at radius 3 is 2.39 bits per heavy atom. The second-order valence-corrected chi connectivity index (χ2v) is 5.45. The summed E-state index contributed by atoms with van der Waals surface area (Å²) in [6, 6.07) is 14.4. The predicted octanol–water partition coefficient (Wildman–Crippen LogP) is 4.09. The highest BCUT2D eigenvalue weighted by Gasteiger charge is 2.15. The molecule has 0 amide bonds. The van der Waals surface area contributed by atoms with Gasteiger partial charge in [0.1, 0.15) is 11.5 Å². The van der Waals surface area contributed by atoms with Crippen molar-refractivity contribution >= 4 is 17.6 Å². The Kier molecular flexibility index (Phi) is 4.12. The van der Waals surface area contributed by atoms with Crippen LogP contribution in [0.1, 0.15) is 16.1 Å². The molecule has 0 saturated heterocycles. The second kappa shape index (κ2) is 6.22. The first-order valence-corrected chi connectivity index (χ1v) is 7.22. The summed E-state index contributed by atoms with van der Waals surface area (Å²) in [4.78, 5) is 11.4. The molecule has 3 rings (SSSR count). The normalized spacial score (nSPS) is 10.7. The van der Waals surface area contributed by atoms with Crippen LogP contribution in [0, 0.1) is 5.82 Å². The number of aromatic nitrogens is 2. The number of aromatic carboxylic acids is 1. The number of carboxylic acid groups (broad SMARTS) is 1. The third kappa shape index (κ3) is 3.40. The molecule has 1 heterocycles. The zero-order valence-corrected chi connectivity index (χ0v) is 12.7. The van der Waals surface area contributed by atoms with Crippen LogP contribution < -0.4 is 0 Å². The van der Waals surface area contributed by atoms with Crippen LogP contribution in [0.4, 0.5) is 4.39 Å². The van der Waals surface area contributed by atoms with Crippen LogP contribution >= 0.6 is 11.6 Å². The molecule has 0 bridgehead atoms. The molecule has 0 aliphatic carbocycles. The van der Waals surface area contributed by atoms with Gasteiger partial charge in [-0.2, -0.15) is 5.10 Å². The standard InChI is InChI=1S/C17H12ClFN2O2/c18-13-5-3-12(4-6-13)15-9-16(17(22)23)21(20-15)10-11-1-7-14(19)8-2-11/h1-9H,10H2,(H,22,23). The second-order valence-electron chi connectivity index (χ2n) is 5.01. The van der Waals surface area contributed by atoms with Crippen molar-refractivity contribution in [2.24, 2.45) is 0 Å². The van der Waals surface area contributed by atoms with Gasteiger partial charge in [0.25, 0.3) is 0 Å². The van der Waals surface area contributed by atoms with Crippen molar-refractivity contribution in [1.29, 1.82) is 0 Å². The molecule has 0 aliphatic heterocycles. The van der Waals surface area contributed by atoms with E-state index in [1.165, 1.54) is 22.9 Å². The summed E-state index contributed by atoms with van der Waals surface area (Å²) in [5.41, 5.74) is 2.15. The highest BCUT2D eigenvalue weighted by Crippen LogP contribution is 2.22. The van der Waals surface area contributed by atoms with Crippen molar-refractivity contribution in [1.82, 2.24) is 9.78 Å². The van der Waals surface area contributed by atoms with E-state index in [2.05, 4.69) is 5.10 Å². The quantitative estimate of drug-likeness (QED) is 0.784. The molecule has 2 aromatic carbocycles.